The topological polar surface area (TPSA) is 50.9 Å². The van der Waals surface area contributed by atoms with E-state index in [1.807, 2.05) is 13.8 Å². The largest absolute Gasteiger partial charge is 0.381 e. The maximum absolute atomic E-state index is 13.2. The summed E-state index contributed by atoms with van der Waals surface area (Å²) in [6, 6.07) is 0.824. The first-order valence-corrected chi connectivity index (χ1v) is 4.92. The second kappa shape index (κ2) is 4.91. The van der Waals surface area contributed by atoms with Crippen LogP contribution in [0.1, 0.15) is 26.7 Å². The van der Waals surface area contributed by atoms with E-state index in [1.165, 1.54) is 0 Å². The van der Waals surface area contributed by atoms with Crippen molar-refractivity contribution >= 4 is 11.6 Å². The summed E-state index contributed by atoms with van der Waals surface area (Å²) in [5.74, 6) is -1.83. The van der Waals surface area contributed by atoms with Gasteiger partial charge in [-0.2, -0.15) is 0 Å². The Balaban J connectivity index is 2.81. The van der Waals surface area contributed by atoms with Crippen LogP contribution in [-0.4, -0.2) is 11.0 Å². The van der Waals surface area contributed by atoms with Crippen LogP contribution in [0.25, 0.3) is 0 Å². The van der Waals surface area contributed by atoms with Crippen LogP contribution >= 0.6 is 0 Å². The molecule has 0 aliphatic heterocycles. The van der Waals surface area contributed by atoms with Gasteiger partial charge in [-0.25, -0.2) is 13.8 Å². The van der Waals surface area contributed by atoms with E-state index in [-0.39, 0.29) is 17.7 Å². The summed E-state index contributed by atoms with van der Waals surface area (Å²) in [7, 11) is 0. The van der Waals surface area contributed by atoms with Crippen molar-refractivity contribution in [1.82, 2.24) is 4.98 Å². The lowest BCUT2D eigenvalue weighted by Gasteiger charge is -2.14. The summed E-state index contributed by atoms with van der Waals surface area (Å²) in [4.78, 5) is 3.61. The number of halogens is 2. The van der Waals surface area contributed by atoms with E-state index in [2.05, 4.69) is 10.3 Å². The molecule has 1 heterocycles. The SMILES string of the molecule is CCCC(C)Nc1nc(N)c(F)cc1F. The van der Waals surface area contributed by atoms with E-state index in [1.54, 1.807) is 0 Å². The molecule has 0 aromatic carbocycles. The van der Waals surface area contributed by atoms with Gasteiger partial charge < -0.3 is 11.1 Å². The molecule has 1 aromatic rings. The Morgan fingerprint density at radius 1 is 1.47 bits per heavy atom. The minimum absolute atomic E-state index is 0.00912. The van der Waals surface area contributed by atoms with Gasteiger partial charge in [-0.15, -0.1) is 0 Å². The highest BCUT2D eigenvalue weighted by molar-refractivity contribution is 5.45. The van der Waals surface area contributed by atoms with Crippen LogP contribution in [0.3, 0.4) is 0 Å². The predicted octanol–water partition coefficient (Wildman–Crippen LogP) is 2.54. The number of nitrogen functional groups attached to an aromatic ring is 1. The number of rotatable bonds is 4. The number of nitrogens with zero attached hydrogens (tertiary/aromatic N) is 1. The predicted molar refractivity (Wildman–Crippen MR) is 56.6 cm³/mol. The number of pyridine rings is 1. The average Bonchev–Trinajstić information content (AvgIpc) is 2.14. The summed E-state index contributed by atoms with van der Waals surface area (Å²) in [5.41, 5.74) is 5.25. The molecular formula is C10H15F2N3. The third-order valence-corrected chi connectivity index (χ3v) is 2.06. The minimum atomic E-state index is -0.832. The normalized spacial score (nSPS) is 12.5. The Hall–Kier alpha value is -1.39. The van der Waals surface area contributed by atoms with Gasteiger partial charge in [0.15, 0.2) is 23.3 Å². The first-order chi connectivity index (χ1) is 7.04. The minimum Gasteiger partial charge on any atom is -0.381 e. The van der Waals surface area contributed by atoms with Crippen molar-refractivity contribution in [3.8, 4) is 0 Å². The van der Waals surface area contributed by atoms with E-state index in [0.29, 0.717) is 0 Å². The smallest absolute Gasteiger partial charge is 0.168 e. The molecule has 5 heteroatoms. The number of hydrogen-bond donors (Lipinski definition) is 2. The zero-order valence-electron chi connectivity index (χ0n) is 8.85. The lowest BCUT2D eigenvalue weighted by molar-refractivity contribution is 0.575. The van der Waals surface area contributed by atoms with Crippen molar-refractivity contribution in [1.29, 1.82) is 0 Å². The standard InChI is InChI=1S/C10H15F2N3/c1-3-4-6(2)14-10-8(12)5-7(11)9(13)15-10/h5-6H,3-4H2,1-2H3,(H3,13,14,15). The van der Waals surface area contributed by atoms with Crippen LogP contribution in [0.5, 0.6) is 0 Å². The van der Waals surface area contributed by atoms with Gasteiger partial charge in [-0.3, -0.25) is 0 Å². The van der Waals surface area contributed by atoms with Crippen molar-refractivity contribution in [2.45, 2.75) is 32.7 Å². The van der Waals surface area contributed by atoms with E-state index >= 15 is 0 Å². The van der Waals surface area contributed by atoms with Gasteiger partial charge in [0.1, 0.15) is 0 Å². The maximum atomic E-state index is 13.2. The molecule has 3 N–H and O–H groups in total. The van der Waals surface area contributed by atoms with Crippen LogP contribution in [-0.2, 0) is 0 Å². The number of hydrogen-bond acceptors (Lipinski definition) is 3. The first kappa shape index (κ1) is 11.7. The Kier molecular flexibility index (Phi) is 3.82. The van der Waals surface area contributed by atoms with E-state index in [0.717, 1.165) is 18.9 Å². The van der Waals surface area contributed by atoms with Crippen LogP contribution in [0, 0.1) is 11.6 Å². The number of aromatic nitrogens is 1. The molecular weight excluding hydrogens is 200 g/mol. The maximum Gasteiger partial charge on any atom is 0.168 e. The van der Waals surface area contributed by atoms with Gasteiger partial charge in [-0.05, 0) is 13.3 Å². The van der Waals surface area contributed by atoms with E-state index < -0.39 is 11.6 Å². The highest BCUT2D eigenvalue weighted by atomic mass is 19.1. The molecule has 1 unspecified atom stereocenters. The van der Waals surface area contributed by atoms with Gasteiger partial charge in [0.05, 0.1) is 0 Å². The molecule has 0 bridgehead atoms. The highest BCUT2D eigenvalue weighted by Gasteiger charge is 2.11. The van der Waals surface area contributed by atoms with Crippen LogP contribution in [0.4, 0.5) is 20.4 Å². The summed E-state index contributed by atoms with van der Waals surface area (Å²) >= 11 is 0. The zero-order valence-corrected chi connectivity index (χ0v) is 8.85. The molecule has 0 saturated heterocycles. The monoisotopic (exact) mass is 215 g/mol. The number of nitrogens with two attached hydrogens (primary N) is 1. The highest BCUT2D eigenvalue weighted by Crippen LogP contribution is 2.17. The third-order valence-electron chi connectivity index (χ3n) is 2.06. The first-order valence-electron chi connectivity index (χ1n) is 4.92. The summed E-state index contributed by atoms with van der Waals surface area (Å²) in [6.45, 7) is 3.94. The van der Waals surface area contributed by atoms with E-state index in [4.69, 9.17) is 5.73 Å². The Morgan fingerprint density at radius 2 is 2.13 bits per heavy atom. The molecule has 3 nitrogen and oxygen atoms in total. The number of anilines is 2. The molecule has 1 aromatic heterocycles. The lowest BCUT2D eigenvalue weighted by Crippen LogP contribution is -2.17. The van der Waals surface area contributed by atoms with Gasteiger partial charge >= 0.3 is 0 Å². The molecule has 0 amide bonds. The molecule has 0 aliphatic rings. The fourth-order valence-electron chi connectivity index (χ4n) is 1.32. The molecule has 1 rings (SSSR count). The van der Waals surface area contributed by atoms with Crippen LogP contribution in [0.15, 0.2) is 6.07 Å². The summed E-state index contributed by atoms with van der Waals surface area (Å²) in [6.07, 6.45) is 1.87. The molecule has 0 spiro atoms. The van der Waals surface area contributed by atoms with E-state index in [9.17, 15) is 8.78 Å². The summed E-state index contributed by atoms with van der Waals surface area (Å²) in [5, 5.41) is 2.85. The fourth-order valence-corrected chi connectivity index (χ4v) is 1.32. The van der Waals surface area contributed by atoms with Crippen molar-refractivity contribution in [3.05, 3.63) is 17.7 Å². The molecule has 0 aliphatic carbocycles. The Morgan fingerprint density at radius 3 is 2.73 bits per heavy atom. The molecule has 0 saturated carbocycles. The van der Waals surface area contributed by atoms with Gasteiger partial charge in [0.25, 0.3) is 0 Å². The molecule has 1 atom stereocenters. The molecule has 15 heavy (non-hydrogen) atoms. The van der Waals surface area contributed by atoms with Crippen molar-refractivity contribution in [3.63, 3.8) is 0 Å². The zero-order chi connectivity index (χ0) is 11.4. The quantitative estimate of drug-likeness (QED) is 0.811. The molecule has 84 valence electrons. The second-order valence-electron chi connectivity index (χ2n) is 3.52. The fraction of sp³-hybridized carbons (Fsp3) is 0.500. The Labute approximate surface area is 87.7 Å². The Bertz CT molecular complexity index is 342. The number of nitrogens with one attached hydrogen (secondary N) is 1. The average molecular weight is 215 g/mol. The second-order valence-corrected chi connectivity index (χ2v) is 3.52. The molecule has 0 radical (unpaired) electrons. The third kappa shape index (κ3) is 3.04. The van der Waals surface area contributed by atoms with Crippen molar-refractivity contribution in [2.24, 2.45) is 0 Å². The van der Waals surface area contributed by atoms with Crippen molar-refractivity contribution < 1.29 is 8.78 Å². The molecule has 0 fully saturated rings. The van der Waals surface area contributed by atoms with Gasteiger partial charge in [0.2, 0.25) is 0 Å². The summed E-state index contributed by atoms with van der Waals surface area (Å²) < 4.78 is 26.0. The van der Waals surface area contributed by atoms with Gasteiger partial charge in [-0.1, -0.05) is 13.3 Å². The van der Waals surface area contributed by atoms with Crippen LogP contribution < -0.4 is 11.1 Å². The van der Waals surface area contributed by atoms with Crippen LogP contribution in [0.2, 0.25) is 0 Å². The lowest BCUT2D eigenvalue weighted by atomic mass is 10.2. The van der Waals surface area contributed by atoms with Gasteiger partial charge in [0, 0.05) is 12.1 Å². The van der Waals surface area contributed by atoms with Crippen molar-refractivity contribution in [2.75, 3.05) is 11.1 Å².